The Labute approximate surface area is 190 Å². The molecule has 4 aromatic rings. The van der Waals surface area contributed by atoms with Gasteiger partial charge in [-0.3, -0.25) is 4.79 Å². The number of amides is 1. The van der Waals surface area contributed by atoms with E-state index in [0.29, 0.717) is 22.9 Å². The number of nitrogens with zero attached hydrogens (tertiary/aromatic N) is 1. The van der Waals surface area contributed by atoms with Gasteiger partial charge in [0, 0.05) is 29.7 Å². The molecule has 0 saturated heterocycles. The van der Waals surface area contributed by atoms with Gasteiger partial charge in [0.05, 0.1) is 23.8 Å². The van der Waals surface area contributed by atoms with Crippen molar-refractivity contribution in [2.45, 2.75) is 13.1 Å². The highest BCUT2D eigenvalue weighted by Crippen LogP contribution is 2.27. The van der Waals surface area contributed by atoms with Gasteiger partial charge in [-0.15, -0.1) is 0 Å². The minimum atomic E-state index is -0.985. The maximum Gasteiger partial charge on any atom is 0.335 e. The monoisotopic (exact) mass is 448 g/mol. The van der Waals surface area contributed by atoms with E-state index in [1.165, 1.54) is 12.1 Å². The molecular formula is C25H21ClN2O4. The van der Waals surface area contributed by atoms with Crippen molar-refractivity contribution in [2.24, 2.45) is 0 Å². The standard InChI is InChI=1S/C25H21ClN2O4/c1-32-21-12-19-10-11-28(15-17-4-8-20(26)9-5-17)23(19)22(13-21)24(29)27-14-16-2-6-18(7-3-16)25(30)31/h2-13H,14-15H2,1H3,(H,27,29)(H,30,31). The number of hydrogen-bond donors (Lipinski definition) is 2. The number of nitrogens with one attached hydrogen (secondary N) is 1. The number of halogens is 1. The van der Waals surface area contributed by atoms with E-state index in [0.717, 1.165) is 22.0 Å². The lowest BCUT2D eigenvalue weighted by atomic mass is 10.1. The number of carboxylic acid groups (broad SMARTS) is 1. The molecule has 1 aromatic heterocycles. The quantitative estimate of drug-likeness (QED) is 0.418. The Morgan fingerprint density at radius 2 is 1.69 bits per heavy atom. The Morgan fingerprint density at radius 1 is 1.00 bits per heavy atom. The number of fused-ring (bicyclic) bond motifs is 1. The Balaban J connectivity index is 1.62. The second-order valence-corrected chi connectivity index (χ2v) is 7.80. The number of rotatable bonds is 7. The Hall–Kier alpha value is -3.77. The fourth-order valence-electron chi connectivity index (χ4n) is 3.57. The third-order valence-corrected chi connectivity index (χ3v) is 5.49. The van der Waals surface area contributed by atoms with Crippen LogP contribution >= 0.6 is 11.6 Å². The van der Waals surface area contributed by atoms with Crippen molar-refractivity contribution in [3.05, 3.63) is 100 Å². The van der Waals surface area contributed by atoms with E-state index >= 15 is 0 Å². The lowest BCUT2D eigenvalue weighted by Crippen LogP contribution is -2.23. The van der Waals surface area contributed by atoms with E-state index in [-0.39, 0.29) is 18.0 Å². The molecule has 0 aliphatic heterocycles. The number of carboxylic acids is 1. The third kappa shape index (κ3) is 4.60. The van der Waals surface area contributed by atoms with Crippen LogP contribution in [0.25, 0.3) is 10.9 Å². The van der Waals surface area contributed by atoms with E-state index in [9.17, 15) is 9.59 Å². The third-order valence-electron chi connectivity index (χ3n) is 5.23. The van der Waals surface area contributed by atoms with Gasteiger partial charge in [0.15, 0.2) is 0 Å². The number of benzene rings is 3. The molecule has 32 heavy (non-hydrogen) atoms. The van der Waals surface area contributed by atoms with Crippen LogP contribution in [0.4, 0.5) is 0 Å². The van der Waals surface area contributed by atoms with Crippen molar-refractivity contribution in [3.63, 3.8) is 0 Å². The van der Waals surface area contributed by atoms with Gasteiger partial charge in [-0.05, 0) is 53.6 Å². The molecule has 0 aliphatic rings. The van der Waals surface area contributed by atoms with Crippen molar-refractivity contribution in [1.82, 2.24) is 9.88 Å². The maximum atomic E-state index is 13.1. The van der Waals surface area contributed by atoms with E-state index in [4.69, 9.17) is 21.4 Å². The van der Waals surface area contributed by atoms with E-state index in [1.54, 1.807) is 25.3 Å². The molecule has 0 radical (unpaired) electrons. The predicted octanol–water partition coefficient (Wildman–Crippen LogP) is 4.98. The minimum Gasteiger partial charge on any atom is -0.497 e. The van der Waals surface area contributed by atoms with Crippen LogP contribution < -0.4 is 10.1 Å². The summed E-state index contributed by atoms with van der Waals surface area (Å²) >= 11 is 6.00. The molecule has 0 atom stereocenters. The van der Waals surface area contributed by atoms with Gasteiger partial charge in [-0.1, -0.05) is 35.9 Å². The SMILES string of the molecule is COc1cc(C(=O)NCc2ccc(C(=O)O)cc2)c2c(ccn2Cc2ccc(Cl)cc2)c1. The maximum absolute atomic E-state index is 13.1. The first-order valence-electron chi connectivity index (χ1n) is 9.96. The van der Waals surface area contributed by atoms with Gasteiger partial charge in [-0.25, -0.2) is 4.79 Å². The first kappa shape index (κ1) is 21.5. The van der Waals surface area contributed by atoms with Crippen molar-refractivity contribution in [1.29, 1.82) is 0 Å². The van der Waals surface area contributed by atoms with Crippen LogP contribution in [0.5, 0.6) is 5.75 Å². The molecule has 3 aromatic carbocycles. The number of ether oxygens (including phenoxy) is 1. The largest absolute Gasteiger partial charge is 0.497 e. The highest BCUT2D eigenvalue weighted by atomic mass is 35.5. The van der Waals surface area contributed by atoms with Crippen molar-refractivity contribution >= 4 is 34.4 Å². The average molecular weight is 449 g/mol. The summed E-state index contributed by atoms with van der Waals surface area (Å²) in [6, 6.07) is 19.6. The summed E-state index contributed by atoms with van der Waals surface area (Å²) in [5.41, 5.74) is 3.38. The molecule has 1 amide bonds. The van der Waals surface area contributed by atoms with Gasteiger partial charge < -0.3 is 19.7 Å². The average Bonchev–Trinajstić information content (AvgIpc) is 3.21. The van der Waals surface area contributed by atoms with Gasteiger partial charge >= 0.3 is 5.97 Å². The fourth-order valence-corrected chi connectivity index (χ4v) is 3.70. The molecule has 6 nitrogen and oxygen atoms in total. The van der Waals surface area contributed by atoms with Crippen molar-refractivity contribution in [3.8, 4) is 5.75 Å². The van der Waals surface area contributed by atoms with Crippen molar-refractivity contribution in [2.75, 3.05) is 7.11 Å². The molecule has 7 heteroatoms. The summed E-state index contributed by atoms with van der Waals surface area (Å²) < 4.78 is 7.42. The molecule has 0 unspecified atom stereocenters. The minimum absolute atomic E-state index is 0.203. The lowest BCUT2D eigenvalue weighted by molar-refractivity contribution is 0.0696. The fraction of sp³-hybridized carbons (Fsp3) is 0.120. The van der Waals surface area contributed by atoms with Crippen LogP contribution in [0.2, 0.25) is 5.02 Å². The topological polar surface area (TPSA) is 80.6 Å². The van der Waals surface area contributed by atoms with Crippen LogP contribution in [0.3, 0.4) is 0 Å². The molecule has 0 fully saturated rings. The molecule has 0 spiro atoms. The number of hydrogen-bond acceptors (Lipinski definition) is 3. The Bertz CT molecular complexity index is 1280. The second kappa shape index (κ2) is 9.16. The molecule has 0 bridgehead atoms. The summed E-state index contributed by atoms with van der Waals surface area (Å²) in [6.45, 7) is 0.860. The molecular weight excluding hydrogens is 428 g/mol. The first-order chi connectivity index (χ1) is 15.4. The number of aromatic nitrogens is 1. The summed E-state index contributed by atoms with van der Waals surface area (Å²) in [7, 11) is 1.57. The Morgan fingerprint density at radius 3 is 2.34 bits per heavy atom. The van der Waals surface area contributed by atoms with E-state index in [2.05, 4.69) is 5.32 Å². The molecule has 1 heterocycles. The van der Waals surface area contributed by atoms with Gasteiger partial charge in [0.1, 0.15) is 5.75 Å². The summed E-state index contributed by atoms with van der Waals surface area (Å²) in [4.78, 5) is 24.1. The molecule has 0 aliphatic carbocycles. The molecule has 0 saturated carbocycles. The lowest BCUT2D eigenvalue weighted by Gasteiger charge is -2.13. The van der Waals surface area contributed by atoms with Gasteiger partial charge in [0.25, 0.3) is 5.91 Å². The van der Waals surface area contributed by atoms with E-state index in [1.807, 2.05) is 47.2 Å². The number of aromatic carboxylic acids is 1. The smallest absolute Gasteiger partial charge is 0.335 e. The molecule has 2 N–H and O–H groups in total. The first-order valence-corrected chi connectivity index (χ1v) is 10.3. The van der Waals surface area contributed by atoms with Crippen LogP contribution in [0, 0.1) is 0 Å². The van der Waals surface area contributed by atoms with Crippen LogP contribution in [-0.4, -0.2) is 28.7 Å². The van der Waals surface area contributed by atoms with Crippen LogP contribution in [0.15, 0.2) is 72.9 Å². The zero-order chi connectivity index (χ0) is 22.7. The summed E-state index contributed by atoms with van der Waals surface area (Å²) in [5.74, 6) is -0.634. The highest BCUT2D eigenvalue weighted by Gasteiger charge is 2.16. The van der Waals surface area contributed by atoms with Crippen LogP contribution in [-0.2, 0) is 13.1 Å². The van der Waals surface area contributed by atoms with Crippen molar-refractivity contribution < 1.29 is 19.4 Å². The summed E-state index contributed by atoms with van der Waals surface area (Å²) in [5, 5.41) is 13.5. The zero-order valence-corrected chi connectivity index (χ0v) is 18.1. The van der Waals surface area contributed by atoms with Crippen LogP contribution in [0.1, 0.15) is 31.8 Å². The number of methoxy groups -OCH3 is 1. The summed E-state index contributed by atoms with van der Waals surface area (Å²) in [6.07, 6.45) is 1.94. The zero-order valence-electron chi connectivity index (χ0n) is 17.3. The molecule has 4 rings (SSSR count). The van der Waals surface area contributed by atoms with Gasteiger partial charge in [0.2, 0.25) is 0 Å². The molecule has 162 valence electrons. The second-order valence-electron chi connectivity index (χ2n) is 7.37. The number of carbonyl (C=O) groups excluding carboxylic acids is 1. The normalized spacial score (nSPS) is 10.8. The highest BCUT2D eigenvalue weighted by molar-refractivity contribution is 6.30. The Kier molecular flexibility index (Phi) is 6.14. The van der Waals surface area contributed by atoms with E-state index < -0.39 is 5.97 Å². The predicted molar refractivity (Wildman–Crippen MR) is 124 cm³/mol. The van der Waals surface area contributed by atoms with Gasteiger partial charge in [-0.2, -0.15) is 0 Å². The number of carbonyl (C=O) groups is 2.